The molecule has 3 nitrogen and oxygen atoms in total. The molecule has 0 spiro atoms. The normalized spacial score (nSPS) is 24.2. The van der Waals surface area contributed by atoms with Crippen molar-refractivity contribution in [2.45, 2.75) is 44.5 Å². The molecule has 0 amide bonds. The van der Waals surface area contributed by atoms with Gasteiger partial charge in [-0.2, -0.15) is 5.26 Å². The first-order valence-electron chi connectivity index (χ1n) is 6.06. The lowest BCUT2D eigenvalue weighted by Gasteiger charge is -2.25. The lowest BCUT2D eigenvalue weighted by atomic mass is 9.95. The van der Waals surface area contributed by atoms with E-state index in [1.54, 1.807) is 6.07 Å². The summed E-state index contributed by atoms with van der Waals surface area (Å²) in [6.45, 7) is 0.552. The first-order valence-corrected chi connectivity index (χ1v) is 6.06. The van der Waals surface area contributed by atoms with Gasteiger partial charge in [0.1, 0.15) is 0 Å². The molecule has 0 aromatic heterocycles. The van der Waals surface area contributed by atoms with Gasteiger partial charge in [-0.15, -0.1) is 0 Å². The van der Waals surface area contributed by atoms with E-state index >= 15 is 0 Å². The molecule has 0 bridgehead atoms. The van der Waals surface area contributed by atoms with E-state index in [1.807, 2.05) is 18.2 Å². The first-order chi connectivity index (χ1) is 8.28. The van der Waals surface area contributed by atoms with E-state index in [-0.39, 0.29) is 12.2 Å². The molecule has 1 fully saturated rings. The van der Waals surface area contributed by atoms with Gasteiger partial charge in [-0.3, -0.25) is 0 Å². The Balaban J connectivity index is 1.83. The maximum absolute atomic E-state index is 9.39. The zero-order valence-electron chi connectivity index (χ0n) is 9.80. The molecule has 17 heavy (non-hydrogen) atoms. The average Bonchev–Trinajstić information content (AvgIpc) is 2.38. The first kappa shape index (κ1) is 12.1. The van der Waals surface area contributed by atoms with Crippen LogP contribution in [0.3, 0.4) is 0 Å². The molecule has 1 N–H and O–H groups in total. The summed E-state index contributed by atoms with van der Waals surface area (Å²) in [5, 5.41) is 18.2. The molecule has 1 aromatic carbocycles. The fourth-order valence-corrected chi connectivity index (χ4v) is 2.16. The Hall–Kier alpha value is -1.37. The van der Waals surface area contributed by atoms with Crippen LogP contribution in [0.4, 0.5) is 0 Å². The van der Waals surface area contributed by atoms with Crippen molar-refractivity contribution in [3.8, 4) is 6.07 Å². The molecule has 1 saturated carbocycles. The van der Waals surface area contributed by atoms with Gasteiger partial charge in [0.25, 0.3) is 0 Å². The Labute approximate surface area is 102 Å². The number of aliphatic hydroxyl groups is 1. The fraction of sp³-hybridized carbons (Fsp3) is 0.500. The molecule has 0 saturated heterocycles. The van der Waals surface area contributed by atoms with Crippen molar-refractivity contribution in [1.29, 1.82) is 5.26 Å². The number of rotatable bonds is 3. The Morgan fingerprint density at radius 1 is 1.29 bits per heavy atom. The van der Waals surface area contributed by atoms with Gasteiger partial charge in [0.15, 0.2) is 0 Å². The number of hydrogen-bond acceptors (Lipinski definition) is 3. The van der Waals surface area contributed by atoms with Crippen molar-refractivity contribution in [1.82, 2.24) is 0 Å². The van der Waals surface area contributed by atoms with Crippen LogP contribution in [0, 0.1) is 11.3 Å². The number of benzene rings is 1. The number of nitrogens with zero attached hydrogens (tertiary/aromatic N) is 1. The standard InChI is InChI=1S/C14H17NO2/c15-9-11-2-1-3-12(8-11)10-17-14-6-4-13(16)5-7-14/h1-3,8,13-14,16H,4-7,10H2. The van der Waals surface area contributed by atoms with Crippen molar-refractivity contribution >= 4 is 0 Å². The summed E-state index contributed by atoms with van der Waals surface area (Å²) in [6, 6.07) is 9.62. The monoisotopic (exact) mass is 231 g/mol. The van der Waals surface area contributed by atoms with Gasteiger partial charge in [0, 0.05) is 0 Å². The number of aliphatic hydroxyl groups excluding tert-OH is 1. The maximum Gasteiger partial charge on any atom is 0.0991 e. The van der Waals surface area contributed by atoms with E-state index in [1.165, 1.54) is 0 Å². The highest BCUT2D eigenvalue weighted by Gasteiger charge is 2.19. The second kappa shape index (κ2) is 5.81. The van der Waals surface area contributed by atoms with Crippen molar-refractivity contribution in [2.75, 3.05) is 0 Å². The maximum atomic E-state index is 9.39. The van der Waals surface area contributed by atoms with Gasteiger partial charge in [0.05, 0.1) is 30.4 Å². The zero-order chi connectivity index (χ0) is 12.1. The van der Waals surface area contributed by atoms with Crippen LogP contribution in [-0.2, 0) is 11.3 Å². The minimum absolute atomic E-state index is 0.142. The van der Waals surface area contributed by atoms with E-state index in [0.29, 0.717) is 12.2 Å². The summed E-state index contributed by atoms with van der Waals surface area (Å²) in [5.74, 6) is 0. The number of hydrogen-bond donors (Lipinski definition) is 1. The van der Waals surface area contributed by atoms with Crippen LogP contribution in [0.1, 0.15) is 36.8 Å². The van der Waals surface area contributed by atoms with Gasteiger partial charge in [-0.25, -0.2) is 0 Å². The predicted octanol–water partition coefficient (Wildman–Crippen LogP) is 2.38. The summed E-state index contributed by atoms with van der Waals surface area (Å²) < 4.78 is 5.80. The van der Waals surface area contributed by atoms with Crippen LogP contribution in [0.25, 0.3) is 0 Å². The van der Waals surface area contributed by atoms with Crippen molar-refractivity contribution < 1.29 is 9.84 Å². The summed E-state index contributed by atoms with van der Waals surface area (Å²) in [4.78, 5) is 0. The second-order valence-corrected chi connectivity index (χ2v) is 4.55. The molecule has 0 atom stereocenters. The Bertz CT molecular complexity index is 403. The molecule has 0 radical (unpaired) electrons. The molecule has 0 unspecified atom stereocenters. The predicted molar refractivity (Wildman–Crippen MR) is 64.2 cm³/mol. The zero-order valence-corrected chi connectivity index (χ0v) is 9.80. The molecule has 90 valence electrons. The highest BCUT2D eigenvalue weighted by Crippen LogP contribution is 2.22. The molecular formula is C14H17NO2. The van der Waals surface area contributed by atoms with Crippen LogP contribution in [0.5, 0.6) is 0 Å². The van der Waals surface area contributed by atoms with Crippen molar-refractivity contribution in [2.24, 2.45) is 0 Å². The minimum atomic E-state index is -0.142. The van der Waals surface area contributed by atoms with Crippen molar-refractivity contribution in [3.63, 3.8) is 0 Å². The highest BCUT2D eigenvalue weighted by molar-refractivity contribution is 5.32. The number of ether oxygens (including phenoxy) is 1. The van der Waals surface area contributed by atoms with E-state index in [0.717, 1.165) is 31.2 Å². The summed E-state index contributed by atoms with van der Waals surface area (Å²) in [6.07, 6.45) is 3.64. The van der Waals surface area contributed by atoms with E-state index < -0.39 is 0 Å². The quantitative estimate of drug-likeness (QED) is 0.869. The lowest BCUT2D eigenvalue weighted by Crippen LogP contribution is -2.24. The minimum Gasteiger partial charge on any atom is -0.393 e. The summed E-state index contributed by atoms with van der Waals surface area (Å²) in [5.41, 5.74) is 1.71. The van der Waals surface area contributed by atoms with Gasteiger partial charge >= 0.3 is 0 Å². The molecule has 2 rings (SSSR count). The molecule has 1 aromatic rings. The Morgan fingerprint density at radius 3 is 2.76 bits per heavy atom. The largest absolute Gasteiger partial charge is 0.393 e. The van der Waals surface area contributed by atoms with Crippen LogP contribution in [0.2, 0.25) is 0 Å². The highest BCUT2D eigenvalue weighted by atomic mass is 16.5. The molecule has 0 aliphatic heterocycles. The summed E-state index contributed by atoms with van der Waals surface area (Å²) in [7, 11) is 0. The smallest absolute Gasteiger partial charge is 0.0991 e. The molecule has 3 heteroatoms. The van der Waals surface area contributed by atoms with Gasteiger partial charge in [-0.05, 0) is 43.4 Å². The molecule has 1 aliphatic carbocycles. The van der Waals surface area contributed by atoms with Crippen LogP contribution in [0.15, 0.2) is 24.3 Å². The van der Waals surface area contributed by atoms with Gasteiger partial charge in [-0.1, -0.05) is 12.1 Å². The van der Waals surface area contributed by atoms with Crippen molar-refractivity contribution in [3.05, 3.63) is 35.4 Å². The Kier molecular flexibility index (Phi) is 4.13. The second-order valence-electron chi connectivity index (χ2n) is 4.55. The van der Waals surface area contributed by atoms with E-state index in [2.05, 4.69) is 6.07 Å². The third-order valence-corrected chi connectivity index (χ3v) is 3.19. The van der Waals surface area contributed by atoms with Gasteiger partial charge < -0.3 is 9.84 Å². The molecule has 1 aliphatic rings. The van der Waals surface area contributed by atoms with Crippen LogP contribution >= 0.6 is 0 Å². The van der Waals surface area contributed by atoms with Gasteiger partial charge in [0.2, 0.25) is 0 Å². The SMILES string of the molecule is N#Cc1cccc(COC2CCC(O)CC2)c1. The third kappa shape index (κ3) is 3.55. The third-order valence-electron chi connectivity index (χ3n) is 3.19. The molecule has 0 heterocycles. The number of nitriles is 1. The molecular weight excluding hydrogens is 214 g/mol. The van der Waals surface area contributed by atoms with E-state index in [4.69, 9.17) is 10.00 Å². The Morgan fingerprint density at radius 2 is 2.06 bits per heavy atom. The lowest BCUT2D eigenvalue weighted by molar-refractivity contribution is -0.0118. The van der Waals surface area contributed by atoms with Crippen LogP contribution < -0.4 is 0 Å². The van der Waals surface area contributed by atoms with E-state index in [9.17, 15) is 5.11 Å². The van der Waals surface area contributed by atoms with Crippen LogP contribution in [-0.4, -0.2) is 17.3 Å². The summed E-state index contributed by atoms with van der Waals surface area (Å²) >= 11 is 0. The fourth-order valence-electron chi connectivity index (χ4n) is 2.16. The average molecular weight is 231 g/mol. The topological polar surface area (TPSA) is 53.2 Å².